The normalized spacial score (nSPS) is 15.6. The van der Waals surface area contributed by atoms with E-state index in [-0.39, 0.29) is 17.5 Å². The van der Waals surface area contributed by atoms with Crippen LogP contribution in [0.2, 0.25) is 0 Å². The zero-order valence-corrected chi connectivity index (χ0v) is 16.4. The maximum Gasteiger partial charge on any atom is 0.331 e. The van der Waals surface area contributed by atoms with Crippen LogP contribution >= 0.6 is 0 Å². The van der Waals surface area contributed by atoms with Crippen molar-refractivity contribution in [3.8, 4) is 11.6 Å². The van der Waals surface area contributed by atoms with Crippen molar-refractivity contribution in [2.24, 2.45) is 4.99 Å². The van der Waals surface area contributed by atoms with E-state index < -0.39 is 11.2 Å². The molecule has 1 aromatic heterocycles. The smallest absolute Gasteiger partial charge is 0.331 e. The molecule has 2 N–H and O–H groups in total. The maximum absolute atomic E-state index is 12.5. The standard InChI is InChI=1S/C21H27N3O4/c1-3-17(22-14-10-12-16(13-11-14)28-4-2)18-19(25)23-21(27)24(20(18)26)15-8-6-5-7-9-15/h10-13,15,26H,3-9H2,1-2H3,(H,23,25,27). The Balaban J connectivity index is 2.04. The molecule has 1 saturated carbocycles. The molecule has 1 aliphatic rings. The third-order valence-corrected chi connectivity index (χ3v) is 5.09. The van der Waals surface area contributed by atoms with Gasteiger partial charge in [-0.15, -0.1) is 0 Å². The molecule has 0 saturated heterocycles. The maximum atomic E-state index is 12.5. The van der Waals surface area contributed by atoms with E-state index in [1.165, 1.54) is 4.57 Å². The number of aromatic amines is 1. The Kier molecular flexibility index (Phi) is 6.34. The first-order chi connectivity index (χ1) is 13.5. The zero-order chi connectivity index (χ0) is 20.1. The Morgan fingerprint density at radius 1 is 1.18 bits per heavy atom. The summed E-state index contributed by atoms with van der Waals surface area (Å²) in [6.07, 6.45) is 5.21. The van der Waals surface area contributed by atoms with Gasteiger partial charge in [0.2, 0.25) is 5.88 Å². The number of nitrogens with zero attached hydrogens (tertiary/aromatic N) is 2. The van der Waals surface area contributed by atoms with Crippen LogP contribution in [0.3, 0.4) is 0 Å². The minimum atomic E-state index is -0.610. The number of rotatable bonds is 6. The van der Waals surface area contributed by atoms with Gasteiger partial charge in [0.15, 0.2) is 0 Å². The van der Waals surface area contributed by atoms with Crippen molar-refractivity contribution in [2.75, 3.05) is 6.61 Å². The molecule has 0 spiro atoms. The van der Waals surface area contributed by atoms with E-state index in [2.05, 4.69) is 9.98 Å². The lowest BCUT2D eigenvalue weighted by Crippen LogP contribution is -2.36. The van der Waals surface area contributed by atoms with Gasteiger partial charge in [-0.1, -0.05) is 26.2 Å². The lowest BCUT2D eigenvalue weighted by molar-refractivity contribution is 0.298. The number of aromatic hydroxyl groups is 1. The monoisotopic (exact) mass is 385 g/mol. The third-order valence-electron chi connectivity index (χ3n) is 5.09. The summed E-state index contributed by atoms with van der Waals surface area (Å²) in [4.78, 5) is 31.8. The molecule has 0 aliphatic heterocycles. The van der Waals surface area contributed by atoms with Crippen LogP contribution < -0.4 is 16.0 Å². The third kappa shape index (κ3) is 4.18. The predicted octanol–water partition coefficient (Wildman–Crippen LogP) is 3.68. The molecular formula is C21H27N3O4. The van der Waals surface area contributed by atoms with Gasteiger partial charge in [-0.25, -0.2) is 4.79 Å². The number of nitrogens with one attached hydrogen (secondary N) is 1. The van der Waals surface area contributed by atoms with E-state index in [0.717, 1.165) is 37.9 Å². The molecule has 0 amide bonds. The molecule has 1 heterocycles. The fraction of sp³-hybridized carbons (Fsp3) is 0.476. The van der Waals surface area contributed by atoms with Crippen LogP contribution in [0.4, 0.5) is 5.69 Å². The molecule has 3 rings (SSSR count). The first-order valence-corrected chi connectivity index (χ1v) is 9.93. The summed E-state index contributed by atoms with van der Waals surface area (Å²) in [6, 6.07) is 7.11. The zero-order valence-electron chi connectivity index (χ0n) is 16.4. The molecule has 0 unspecified atom stereocenters. The molecule has 0 atom stereocenters. The highest BCUT2D eigenvalue weighted by Crippen LogP contribution is 2.30. The van der Waals surface area contributed by atoms with Crippen LogP contribution in [0.25, 0.3) is 0 Å². The molecule has 28 heavy (non-hydrogen) atoms. The molecule has 1 fully saturated rings. The highest BCUT2D eigenvalue weighted by Gasteiger charge is 2.24. The average molecular weight is 385 g/mol. The number of aromatic nitrogens is 2. The number of hydrogen-bond donors (Lipinski definition) is 2. The van der Waals surface area contributed by atoms with Crippen LogP contribution in [0, 0.1) is 0 Å². The van der Waals surface area contributed by atoms with Crippen molar-refractivity contribution < 1.29 is 9.84 Å². The van der Waals surface area contributed by atoms with Crippen molar-refractivity contribution in [1.82, 2.24) is 9.55 Å². The number of hydrogen-bond acceptors (Lipinski definition) is 5. The fourth-order valence-corrected chi connectivity index (χ4v) is 3.73. The minimum Gasteiger partial charge on any atom is -0.494 e. The van der Waals surface area contributed by atoms with E-state index in [9.17, 15) is 14.7 Å². The van der Waals surface area contributed by atoms with Gasteiger partial charge in [-0.3, -0.25) is 19.3 Å². The second-order valence-electron chi connectivity index (χ2n) is 6.96. The van der Waals surface area contributed by atoms with Crippen LogP contribution in [0.1, 0.15) is 64.0 Å². The summed E-state index contributed by atoms with van der Waals surface area (Å²) in [5, 5.41) is 10.8. The molecule has 7 heteroatoms. The van der Waals surface area contributed by atoms with E-state index >= 15 is 0 Å². The summed E-state index contributed by atoms with van der Waals surface area (Å²) in [7, 11) is 0. The van der Waals surface area contributed by atoms with Gasteiger partial charge in [-0.05, 0) is 50.5 Å². The van der Waals surface area contributed by atoms with Crippen molar-refractivity contribution in [3.63, 3.8) is 0 Å². The summed E-state index contributed by atoms with van der Waals surface area (Å²) >= 11 is 0. The van der Waals surface area contributed by atoms with Crippen LogP contribution in [0.5, 0.6) is 11.6 Å². The first kappa shape index (κ1) is 19.9. The number of ether oxygens (including phenoxy) is 1. The Morgan fingerprint density at radius 2 is 1.86 bits per heavy atom. The van der Waals surface area contributed by atoms with E-state index in [4.69, 9.17) is 4.74 Å². The Bertz CT molecular complexity index is 951. The van der Waals surface area contributed by atoms with Crippen molar-refractivity contribution in [1.29, 1.82) is 0 Å². The summed E-state index contributed by atoms with van der Waals surface area (Å²) in [6.45, 7) is 4.36. The first-order valence-electron chi connectivity index (χ1n) is 9.93. The van der Waals surface area contributed by atoms with Gasteiger partial charge in [-0.2, -0.15) is 0 Å². The highest BCUT2D eigenvalue weighted by atomic mass is 16.5. The Hall–Kier alpha value is -2.83. The van der Waals surface area contributed by atoms with Gasteiger partial charge >= 0.3 is 5.69 Å². The van der Waals surface area contributed by atoms with Crippen LogP contribution in [0.15, 0.2) is 38.8 Å². The molecule has 2 aromatic rings. The van der Waals surface area contributed by atoms with Gasteiger partial charge in [0.05, 0.1) is 18.0 Å². The van der Waals surface area contributed by atoms with Gasteiger partial charge < -0.3 is 9.84 Å². The largest absolute Gasteiger partial charge is 0.494 e. The topological polar surface area (TPSA) is 96.7 Å². The van der Waals surface area contributed by atoms with E-state index in [0.29, 0.717) is 24.4 Å². The molecule has 1 aromatic carbocycles. The lowest BCUT2D eigenvalue weighted by Gasteiger charge is -2.25. The second kappa shape index (κ2) is 8.91. The van der Waals surface area contributed by atoms with Crippen molar-refractivity contribution >= 4 is 11.4 Å². The molecule has 0 radical (unpaired) electrons. The van der Waals surface area contributed by atoms with Crippen molar-refractivity contribution in [3.05, 3.63) is 50.7 Å². The minimum absolute atomic E-state index is 0.0709. The van der Waals surface area contributed by atoms with Gasteiger partial charge in [0.1, 0.15) is 11.3 Å². The molecule has 7 nitrogen and oxygen atoms in total. The summed E-state index contributed by atoms with van der Waals surface area (Å²) in [5.41, 5.74) is -0.0145. The van der Waals surface area contributed by atoms with Crippen LogP contribution in [-0.2, 0) is 0 Å². The van der Waals surface area contributed by atoms with Crippen LogP contribution in [-0.4, -0.2) is 27.0 Å². The average Bonchev–Trinajstić information content (AvgIpc) is 2.69. The van der Waals surface area contributed by atoms with Gasteiger partial charge in [0.25, 0.3) is 5.56 Å². The SMILES string of the molecule is CCOc1ccc(N=C(CC)c2c(O)n(C3CCCCC3)c(=O)[nH]c2=O)cc1. The van der Waals surface area contributed by atoms with E-state index in [1.54, 1.807) is 12.1 Å². The van der Waals surface area contributed by atoms with Gasteiger partial charge in [0, 0.05) is 6.04 Å². The summed E-state index contributed by atoms with van der Waals surface area (Å²) < 4.78 is 6.76. The highest BCUT2D eigenvalue weighted by molar-refractivity contribution is 6.03. The van der Waals surface area contributed by atoms with E-state index in [1.807, 2.05) is 26.0 Å². The molecular weight excluding hydrogens is 358 g/mol. The Labute approximate surface area is 163 Å². The quantitative estimate of drug-likeness (QED) is 0.741. The fourth-order valence-electron chi connectivity index (χ4n) is 3.73. The second-order valence-corrected chi connectivity index (χ2v) is 6.96. The molecule has 150 valence electrons. The summed E-state index contributed by atoms with van der Waals surface area (Å²) in [5.74, 6) is 0.457. The number of benzene rings is 1. The number of H-pyrrole nitrogens is 1. The molecule has 1 aliphatic carbocycles. The molecule has 0 bridgehead atoms. The predicted molar refractivity (Wildman–Crippen MR) is 109 cm³/mol. The van der Waals surface area contributed by atoms with Crippen molar-refractivity contribution in [2.45, 2.75) is 58.4 Å². The lowest BCUT2D eigenvalue weighted by atomic mass is 9.95. The Morgan fingerprint density at radius 3 is 2.46 bits per heavy atom. The number of aliphatic imine (C=N–C) groups is 1.